The molecule has 0 aliphatic carbocycles. The van der Waals surface area contributed by atoms with Crippen molar-refractivity contribution in [3.05, 3.63) is 42.2 Å². The minimum atomic E-state index is 0. The average Bonchev–Trinajstić information content (AvgIpc) is 2.58. The molecule has 2 aromatic rings. The second-order valence-electron chi connectivity index (χ2n) is 2.80. The van der Waals surface area contributed by atoms with Crippen molar-refractivity contribution >= 4 is 0 Å². The van der Waals surface area contributed by atoms with E-state index in [0.717, 1.165) is 11.4 Å². The number of aryl methyl sites for hydroxylation is 1. The van der Waals surface area contributed by atoms with E-state index in [1.54, 1.807) is 6.20 Å². The zero-order valence-electron chi connectivity index (χ0n) is 7.62. The third-order valence-electron chi connectivity index (χ3n) is 1.82. The Bertz CT molecular complexity index is 351. The van der Waals surface area contributed by atoms with Crippen molar-refractivity contribution in [2.45, 2.75) is 6.92 Å². The van der Waals surface area contributed by atoms with Crippen LogP contribution in [0, 0.1) is 6.92 Å². The molecule has 0 bridgehead atoms. The van der Waals surface area contributed by atoms with E-state index in [1.807, 2.05) is 6.20 Å². The maximum Gasteiger partial charge on any atom is 0.137 e. The molecule has 0 fully saturated rings. The van der Waals surface area contributed by atoms with Gasteiger partial charge >= 0.3 is 0 Å². The van der Waals surface area contributed by atoms with Crippen LogP contribution in [0.25, 0.3) is 11.4 Å². The van der Waals surface area contributed by atoms with Gasteiger partial charge in [0.05, 0.1) is 0 Å². The van der Waals surface area contributed by atoms with Gasteiger partial charge in [-0.1, -0.05) is 29.8 Å². The van der Waals surface area contributed by atoms with E-state index in [0.29, 0.717) is 0 Å². The molecule has 2 nitrogen and oxygen atoms in total. The normalized spacial score (nSPS) is 9.31. The van der Waals surface area contributed by atoms with Gasteiger partial charge in [-0.3, -0.25) is 0 Å². The van der Waals surface area contributed by atoms with Gasteiger partial charge in [0, 0.05) is 45.3 Å². The first kappa shape index (κ1) is 10.4. The van der Waals surface area contributed by atoms with Gasteiger partial charge in [-0.2, -0.15) is 0 Å². The minimum Gasteiger partial charge on any atom is -0.345 e. The zero-order chi connectivity index (χ0) is 8.39. The Morgan fingerprint density at radius 2 is 1.85 bits per heavy atom. The van der Waals surface area contributed by atoms with Gasteiger partial charge in [-0.05, 0) is 6.92 Å². The van der Waals surface area contributed by atoms with E-state index in [4.69, 9.17) is 0 Å². The summed E-state index contributed by atoms with van der Waals surface area (Å²) in [5.41, 5.74) is 2.40. The number of H-pyrrole nitrogens is 1. The summed E-state index contributed by atoms with van der Waals surface area (Å²) >= 11 is 0. The minimum absolute atomic E-state index is 0. The number of nitrogens with zero attached hydrogens (tertiary/aromatic N) is 1. The van der Waals surface area contributed by atoms with E-state index in [-0.39, 0.29) is 27.3 Å². The van der Waals surface area contributed by atoms with Crippen LogP contribution in [0.1, 0.15) is 5.56 Å². The number of hydrogen-bond donors (Lipinski definition) is 1. The van der Waals surface area contributed by atoms with E-state index >= 15 is 0 Å². The largest absolute Gasteiger partial charge is 0.345 e. The Balaban J connectivity index is 0.000000845. The van der Waals surface area contributed by atoms with E-state index in [9.17, 15) is 0 Å². The van der Waals surface area contributed by atoms with Crippen LogP contribution >= 0.6 is 0 Å². The third-order valence-corrected chi connectivity index (χ3v) is 1.82. The Morgan fingerprint density at radius 3 is 2.38 bits per heavy atom. The van der Waals surface area contributed by atoms with Gasteiger partial charge in [0.25, 0.3) is 0 Å². The summed E-state index contributed by atoms with van der Waals surface area (Å²) in [5, 5.41) is 0. The van der Waals surface area contributed by atoms with Gasteiger partial charge in [0.1, 0.15) is 5.82 Å². The molecule has 13 heavy (non-hydrogen) atoms. The number of aromatic amines is 1. The van der Waals surface area contributed by atoms with Crippen LogP contribution in [-0.4, -0.2) is 9.97 Å². The van der Waals surface area contributed by atoms with Crippen molar-refractivity contribution in [1.82, 2.24) is 9.97 Å². The monoisotopic (exact) mass is 272 g/mol. The molecular weight excluding hydrogens is 261 g/mol. The number of hydrogen-bond acceptors (Lipinski definition) is 1. The molecule has 0 amide bonds. The summed E-state index contributed by atoms with van der Waals surface area (Å²) in [6.45, 7) is 2.08. The standard InChI is InChI=1S/C10H10N2.Cd/c1-8-2-4-9(5-3-8)10-11-6-7-12-10;/h2-7H,1H3,(H,11,12);. The molecule has 0 aliphatic heterocycles. The molecule has 3 heteroatoms. The molecule has 0 radical (unpaired) electrons. The summed E-state index contributed by atoms with van der Waals surface area (Å²) in [5.74, 6) is 0.926. The Kier molecular flexibility index (Phi) is 3.65. The molecule has 0 aliphatic rings. The maximum absolute atomic E-state index is 4.16. The van der Waals surface area contributed by atoms with Crippen LogP contribution in [0.4, 0.5) is 0 Å². The summed E-state index contributed by atoms with van der Waals surface area (Å²) < 4.78 is 0. The van der Waals surface area contributed by atoms with E-state index < -0.39 is 0 Å². The van der Waals surface area contributed by atoms with Gasteiger partial charge in [-0.25, -0.2) is 4.98 Å². The molecule has 1 heterocycles. The Morgan fingerprint density at radius 1 is 1.15 bits per heavy atom. The fourth-order valence-corrected chi connectivity index (χ4v) is 1.13. The predicted molar refractivity (Wildman–Crippen MR) is 48.8 cm³/mol. The fraction of sp³-hybridized carbons (Fsp3) is 0.100. The SMILES string of the molecule is Cc1ccc(-c2ncc[nH]2)cc1.[Cd]. The smallest absolute Gasteiger partial charge is 0.137 e. The maximum atomic E-state index is 4.16. The second kappa shape index (κ2) is 4.55. The van der Waals surface area contributed by atoms with Crippen molar-refractivity contribution < 1.29 is 27.3 Å². The number of aromatic nitrogens is 2. The van der Waals surface area contributed by atoms with Crippen molar-refractivity contribution in [1.29, 1.82) is 0 Å². The number of nitrogens with one attached hydrogen (secondary N) is 1. The van der Waals surface area contributed by atoms with Gasteiger partial charge in [0.2, 0.25) is 0 Å². The van der Waals surface area contributed by atoms with Crippen molar-refractivity contribution in [2.24, 2.45) is 0 Å². The van der Waals surface area contributed by atoms with Crippen LogP contribution in [0.3, 0.4) is 0 Å². The number of benzene rings is 1. The molecule has 1 aromatic carbocycles. The van der Waals surface area contributed by atoms with Crippen molar-refractivity contribution in [2.75, 3.05) is 0 Å². The van der Waals surface area contributed by atoms with Gasteiger partial charge in [-0.15, -0.1) is 0 Å². The van der Waals surface area contributed by atoms with Crippen LogP contribution in [0.5, 0.6) is 0 Å². The quantitative estimate of drug-likeness (QED) is 0.792. The third kappa shape index (κ3) is 2.40. The molecule has 0 saturated heterocycles. The molecule has 0 spiro atoms. The molecular formula is C10H10CdN2. The van der Waals surface area contributed by atoms with Crippen LogP contribution in [0.15, 0.2) is 36.7 Å². The number of rotatable bonds is 1. The molecule has 62 valence electrons. The summed E-state index contributed by atoms with van der Waals surface area (Å²) in [6, 6.07) is 8.29. The molecule has 0 saturated carbocycles. The first-order valence-electron chi connectivity index (χ1n) is 3.93. The summed E-state index contributed by atoms with van der Waals surface area (Å²) in [7, 11) is 0. The van der Waals surface area contributed by atoms with Crippen LogP contribution in [-0.2, 0) is 27.3 Å². The first-order chi connectivity index (χ1) is 5.86. The first-order valence-corrected chi connectivity index (χ1v) is 3.93. The molecule has 1 aromatic heterocycles. The second-order valence-corrected chi connectivity index (χ2v) is 2.80. The molecule has 0 unspecified atom stereocenters. The predicted octanol–water partition coefficient (Wildman–Crippen LogP) is 2.38. The van der Waals surface area contributed by atoms with Gasteiger partial charge < -0.3 is 4.98 Å². The summed E-state index contributed by atoms with van der Waals surface area (Å²) in [6.07, 6.45) is 3.59. The molecule has 1 N–H and O–H groups in total. The Labute approximate surface area is 97.6 Å². The zero-order valence-corrected chi connectivity index (χ0v) is 11.7. The van der Waals surface area contributed by atoms with Crippen LogP contribution in [0.2, 0.25) is 0 Å². The number of imidazole rings is 1. The Hall–Kier alpha value is -0.648. The fourth-order valence-electron chi connectivity index (χ4n) is 1.13. The summed E-state index contributed by atoms with van der Waals surface area (Å²) in [4.78, 5) is 7.22. The van der Waals surface area contributed by atoms with Crippen molar-refractivity contribution in [3.63, 3.8) is 0 Å². The topological polar surface area (TPSA) is 28.7 Å². The van der Waals surface area contributed by atoms with Crippen molar-refractivity contribution in [3.8, 4) is 11.4 Å². The average molecular weight is 271 g/mol. The van der Waals surface area contributed by atoms with E-state index in [1.165, 1.54) is 5.56 Å². The van der Waals surface area contributed by atoms with E-state index in [2.05, 4.69) is 41.2 Å². The molecule has 0 atom stereocenters. The van der Waals surface area contributed by atoms with Gasteiger partial charge in [0.15, 0.2) is 0 Å². The van der Waals surface area contributed by atoms with Crippen LogP contribution < -0.4 is 0 Å². The molecule has 2 rings (SSSR count).